The molecular formula is C26H20N4NaO6S. The molecule has 0 fully saturated rings. The molecule has 0 amide bonds. The number of rotatable bonds is 5. The van der Waals surface area contributed by atoms with Crippen molar-refractivity contribution in [3.8, 4) is 11.5 Å². The number of phenols is 2. The van der Waals surface area contributed by atoms with Crippen LogP contribution in [-0.4, -0.2) is 70.3 Å². The molecule has 0 spiro atoms. The summed E-state index contributed by atoms with van der Waals surface area (Å²) in [6, 6.07) is 19.3. The Kier molecular flexibility index (Phi) is 7.95. The molecule has 4 aromatic rings. The molecule has 5 rings (SSSR count). The first-order valence-electron chi connectivity index (χ1n) is 11.1. The zero-order chi connectivity index (χ0) is 26.2. The van der Waals surface area contributed by atoms with Crippen LogP contribution in [0.15, 0.2) is 99.1 Å². The second-order valence-corrected chi connectivity index (χ2v) is 9.80. The molecular weight excluding hydrogens is 519 g/mol. The smallest absolute Gasteiger partial charge is 0.290 e. The summed E-state index contributed by atoms with van der Waals surface area (Å²) in [7, 11) is -4.67. The Morgan fingerprint density at radius 2 is 1.45 bits per heavy atom. The number of nitrogens with one attached hydrogen (secondary N) is 1. The van der Waals surface area contributed by atoms with Crippen LogP contribution in [0.25, 0.3) is 21.5 Å². The number of fused-ring (bicyclic) bond motifs is 2. The van der Waals surface area contributed by atoms with Gasteiger partial charge in [0.05, 0.1) is 4.91 Å². The van der Waals surface area contributed by atoms with Gasteiger partial charge in [0.25, 0.3) is 10.1 Å². The number of ketones is 1. The van der Waals surface area contributed by atoms with Gasteiger partial charge in [-0.2, -0.15) is 23.7 Å². The predicted molar refractivity (Wildman–Crippen MR) is 146 cm³/mol. The second-order valence-electron chi connectivity index (χ2n) is 8.33. The van der Waals surface area contributed by atoms with Gasteiger partial charge in [0.15, 0.2) is 0 Å². The number of benzene rings is 4. The number of azo groups is 1. The molecule has 0 aliphatic heterocycles. The summed E-state index contributed by atoms with van der Waals surface area (Å²) in [4.78, 5) is 12.7. The minimum Gasteiger partial charge on any atom is -0.506 e. The van der Waals surface area contributed by atoms with E-state index in [9.17, 15) is 28.0 Å². The van der Waals surface area contributed by atoms with E-state index in [2.05, 4.69) is 20.8 Å². The molecule has 4 N–H and O–H groups in total. The molecule has 1 aliphatic carbocycles. The van der Waals surface area contributed by atoms with E-state index in [-0.39, 0.29) is 58.1 Å². The Bertz CT molecular complexity index is 1770. The van der Waals surface area contributed by atoms with Crippen molar-refractivity contribution < 1.29 is 28.0 Å². The van der Waals surface area contributed by atoms with Gasteiger partial charge in [-0.25, -0.2) is 0 Å². The van der Waals surface area contributed by atoms with Gasteiger partial charge in [-0.3, -0.25) is 14.8 Å². The van der Waals surface area contributed by atoms with Crippen LogP contribution in [0, 0.1) is 0 Å². The molecule has 0 saturated heterocycles. The number of carbonyl (C=O) groups excluding carboxylic acids is 1. The van der Waals surface area contributed by atoms with Gasteiger partial charge in [0.2, 0.25) is 5.78 Å². The summed E-state index contributed by atoms with van der Waals surface area (Å²) in [5.74, 6) is -0.964. The predicted octanol–water partition coefficient (Wildman–Crippen LogP) is 4.69. The van der Waals surface area contributed by atoms with E-state index < -0.39 is 33.3 Å². The quantitative estimate of drug-likeness (QED) is 0.0940. The fraction of sp³-hybridized carbons (Fsp3) is 0.0769. The topological polar surface area (TPSA) is 161 Å². The number of aromatic hydroxyl groups is 2. The van der Waals surface area contributed by atoms with Crippen molar-refractivity contribution in [2.45, 2.75) is 12.5 Å². The van der Waals surface area contributed by atoms with Crippen molar-refractivity contribution in [3.05, 3.63) is 83.8 Å². The number of carbonyl (C=O) groups is 1. The molecule has 10 nitrogen and oxygen atoms in total. The summed E-state index contributed by atoms with van der Waals surface area (Å²) in [6.07, 6.45) is 0.513. The number of allylic oxidation sites excluding steroid dienone is 1. The van der Waals surface area contributed by atoms with E-state index in [1.807, 2.05) is 24.3 Å². The van der Waals surface area contributed by atoms with Gasteiger partial charge in [-0.15, -0.1) is 0 Å². The molecule has 38 heavy (non-hydrogen) atoms. The molecule has 1 aliphatic rings. The van der Waals surface area contributed by atoms with Crippen LogP contribution in [0.3, 0.4) is 0 Å². The van der Waals surface area contributed by atoms with E-state index in [0.29, 0.717) is 10.8 Å². The average Bonchev–Trinajstić information content (AvgIpc) is 2.88. The van der Waals surface area contributed by atoms with E-state index in [1.54, 1.807) is 36.4 Å². The van der Waals surface area contributed by atoms with Gasteiger partial charge < -0.3 is 10.2 Å². The van der Waals surface area contributed by atoms with Gasteiger partial charge in [-0.1, -0.05) is 60.7 Å². The van der Waals surface area contributed by atoms with Gasteiger partial charge in [0.1, 0.15) is 34.6 Å². The van der Waals surface area contributed by atoms with Crippen LogP contribution in [0.2, 0.25) is 0 Å². The SMILES string of the molecule is O=C1/C(=N/Nc2c(O)ccc3ccccc23)C=C(S(=O)(=O)O)CC1N=Nc1c(O)ccc2ccccc12.[Na]. The average molecular weight is 540 g/mol. The maximum absolute atomic E-state index is 13.2. The van der Waals surface area contributed by atoms with Crippen LogP contribution in [0.4, 0.5) is 11.4 Å². The normalized spacial score (nSPS) is 17.1. The molecule has 1 unspecified atom stereocenters. The standard InChI is InChI=1S/C26H20N4O6S.Na/c31-22-11-9-15-5-1-3-7-18(15)24(22)29-27-20-13-17(37(34,35)36)14-21(26(20)33)28-30-25-19-8-4-2-6-16(19)10-12-23(25)32;/h1-13,21,29,31-32H,14H2,(H,34,35,36);/b27-20+,30-28?;. The molecule has 4 aromatic carbocycles. The first-order valence-corrected chi connectivity index (χ1v) is 12.5. The maximum Gasteiger partial charge on any atom is 0.290 e. The molecule has 187 valence electrons. The van der Waals surface area contributed by atoms with Crippen molar-refractivity contribution in [2.75, 3.05) is 5.43 Å². The van der Waals surface area contributed by atoms with E-state index in [1.165, 1.54) is 12.1 Å². The Morgan fingerprint density at radius 1 is 0.842 bits per heavy atom. The van der Waals surface area contributed by atoms with E-state index in [4.69, 9.17) is 0 Å². The van der Waals surface area contributed by atoms with Crippen LogP contribution >= 0.6 is 0 Å². The zero-order valence-electron chi connectivity index (χ0n) is 20.1. The third kappa shape index (κ3) is 5.47. The third-order valence-electron chi connectivity index (χ3n) is 5.95. The molecule has 0 heterocycles. The maximum atomic E-state index is 13.2. The minimum absolute atomic E-state index is 0. The van der Waals surface area contributed by atoms with E-state index in [0.717, 1.165) is 16.8 Å². The monoisotopic (exact) mass is 539 g/mol. The summed E-state index contributed by atoms with van der Waals surface area (Å²) < 4.78 is 33.5. The first kappa shape index (κ1) is 27.4. The van der Waals surface area contributed by atoms with Crippen LogP contribution < -0.4 is 5.43 Å². The van der Waals surface area contributed by atoms with Crippen molar-refractivity contribution >= 4 is 84.1 Å². The fourth-order valence-corrected chi connectivity index (χ4v) is 4.70. The van der Waals surface area contributed by atoms with Crippen LogP contribution in [0.1, 0.15) is 6.42 Å². The Hall–Kier alpha value is -3.61. The molecule has 12 heteroatoms. The fourth-order valence-electron chi connectivity index (χ4n) is 4.07. The van der Waals surface area contributed by atoms with Gasteiger partial charge >= 0.3 is 0 Å². The molecule has 1 radical (unpaired) electrons. The number of anilines is 1. The number of phenolic OH excluding ortho intramolecular Hbond substituents is 2. The largest absolute Gasteiger partial charge is 0.506 e. The summed E-state index contributed by atoms with van der Waals surface area (Å²) in [5.41, 5.74) is 2.63. The van der Waals surface area contributed by atoms with E-state index >= 15 is 0 Å². The number of hydrazone groups is 1. The van der Waals surface area contributed by atoms with Crippen LogP contribution in [0.5, 0.6) is 11.5 Å². The number of nitrogens with zero attached hydrogens (tertiary/aromatic N) is 3. The summed E-state index contributed by atoms with van der Waals surface area (Å²) in [6.45, 7) is 0. The first-order chi connectivity index (χ1) is 17.7. The van der Waals surface area contributed by atoms with Gasteiger partial charge in [-0.05, 0) is 29.0 Å². The summed E-state index contributed by atoms with van der Waals surface area (Å²) >= 11 is 0. The second kappa shape index (κ2) is 11.0. The molecule has 1 atom stereocenters. The summed E-state index contributed by atoms with van der Waals surface area (Å²) in [5, 5.41) is 35.6. The van der Waals surface area contributed by atoms with Crippen molar-refractivity contribution in [2.24, 2.45) is 15.3 Å². The number of hydrogen-bond acceptors (Lipinski definition) is 9. The Balaban J connectivity index is 0.00000336. The third-order valence-corrected chi connectivity index (χ3v) is 6.90. The Morgan fingerprint density at radius 3 is 2.13 bits per heavy atom. The van der Waals surface area contributed by atoms with Crippen LogP contribution in [-0.2, 0) is 14.9 Å². The van der Waals surface area contributed by atoms with Gasteiger partial charge in [0, 0.05) is 46.8 Å². The van der Waals surface area contributed by atoms with Crippen molar-refractivity contribution in [3.63, 3.8) is 0 Å². The minimum atomic E-state index is -4.67. The number of Topliss-reactive ketones (excluding diaryl/α,β-unsaturated/α-hetero) is 1. The Labute approximate surface area is 239 Å². The molecule has 0 bridgehead atoms. The van der Waals surface area contributed by atoms with Crippen molar-refractivity contribution in [1.82, 2.24) is 0 Å². The zero-order valence-corrected chi connectivity index (χ0v) is 22.9. The number of hydrogen-bond donors (Lipinski definition) is 4. The molecule has 0 aromatic heterocycles. The molecule has 0 saturated carbocycles. The van der Waals surface area contributed by atoms with Crippen molar-refractivity contribution in [1.29, 1.82) is 0 Å².